The van der Waals surface area contributed by atoms with Crippen molar-refractivity contribution in [2.45, 2.75) is 26.5 Å². The molecule has 112 valence electrons. The third-order valence-electron chi connectivity index (χ3n) is 2.86. The highest BCUT2D eigenvalue weighted by Gasteiger charge is 2.22. The van der Waals surface area contributed by atoms with Crippen molar-refractivity contribution in [3.05, 3.63) is 48.0 Å². The molecule has 0 saturated carbocycles. The van der Waals surface area contributed by atoms with Gasteiger partial charge in [-0.15, -0.1) is 0 Å². The summed E-state index contributed by atoms with van der Waals surface area (Å²) in [5.41, 5.74) is 1.73. The molecule has 3 nitrogen and oxygen atoms in total. The van der Waals surface area contributed by atoms with E-state index in [0.29, 0.717) is 5.57 Å². The van der Waals surface area contributed by atoms with Gasteiger partial charge in [0.05, 0.1) is 14.1 Å². The maximum atomic E-state index is 11.5. The third-order valence-corrected chi connectivity index (χ3v) is 2.86. The number of nitrogens with zero attached hydrogens (tertiary/aromatic N) is 1. The van der Waals surface area contributed by atoms with Gasteiger partial charge < -0.3 is 21.6 Å². The topological polar surface area (TPSA) is 26.3 Å². The number of esters is 1. The van der Waals surface area contributed by atoms with Gasteiger partial charge >= 0.3 is 5.97 Å². The largest absolute Gasteiger partial charge is 1.00 e. The second-order valence-corrected chi connectivity index (χ2v) is 5.76. The van der Waals surface area contributed by atoms with Crippen molar-refractivity contribution in [3.8, 4) is 0 Å². The maximum Gasteiger partial charge on any atom is 0.333 e. The zero-order valence-corrected chi connectivity index (χ0v) is 13.5. The van der Waals surface area contributed by atoms with Gasteiger partial charge in [-0.3, -0.25) is 0 Å². The number of halogens is 1. The molecule has 0 aliphatic heterocycles. The first-order valence-corrected chi connectivity index (χ1v) is 6.52. The molecule has 0 N–H and O–H groups in total. The summed E-state index contributed by atoms with van der Waals surface area (Å²) in [6.45, 7) is 8.87. The van der Waals surface area contributed by atoms with Gasteiger partial charge in [-0.25, -0.2) is 4.79 Å². The standard InChI is InChI=1S/C16H24NO2.ClH/c1-13(2)16(18)19-14(3)11-17(4,5)12-15-9-7-6-8-10-15;/h6-10,14H,1,11-12H2,2-5H3;1H/q+1;/p-1. The Kier molecular flexibility index (Phi) is 7.54. The van der Waals surface area contributed by atoms with Crippen LogP contribution in [0.15, 0.2) is 42.5 Å². The number of carbonyl (C=O) groups excluding carboxylic acids is 1. The quantitative estimate of drug-likeness (QED) is 0.412. The Balaban J connectivity index is 0.00000361. The molecule has 0 saturated heterocycles. The molecule has 1 aromatic rings. The van der Waals surface area contributed by atoms with Crippen LogP contribution in [-0.4, -0.2) is 37.2 Å². The lowest BCUT2D eigenvalue weighted by atomic mass is 10.2. The lowest BCUT2D eigenvalue weighted by Gasteiger charge is -2.32. The van der Waals surface area contributed by atoms with Crippen LogP contribution in [0.5, 0.6) is 0 Å². The highest BCUT2D eigenvalue weighted by molar-refractivity contribution is 5.87. The van der Waals surface area contributed by atoms with Crippen molar-refractivity contribution in [1.82, 2.24) is 0 Å². The summed E-state index contributed by atoms with van der Waals surface area (Å²) in [5.74, 6) is -0.313. The van der Waals surface area contributed by atoms with Gasteiger partial charge in [0, 0.05) is 11.1 Å². The van der Waals surface area contributed by atoms with Gasteiger partial charge in [-0.2, -0.15) is 0 Å². The van der Waals surface area contributed by atoms with E-state index in [4.69, 9.17) is 4.74 Å². The number of likely N-dealkylation sites (N-methyl/N-ethyl adjacent to an activating group) is 1. The van der Waals surface area contributed by atoms with Crippen LogP contribution in [0, 0.1) is 0 Å². The number of rotatable bonds is 6. The van der Waals surface area contributed by atoms with E-state index in [-0.39, 0.29) is 24.5 Å². The highest BCUT2D eigenvalue weighted by atomic mass is 35.5. The number of hydrogen-bond donors (Lipinski definition) is 0. The van der Waals surface area contributed by atoms with Gasteiger partial charge in [-0.1, -0.05) is 36.9 Å². The monoisotopic (exact) mass is 297 g/mol. The lowest BCUT2D eigenvalue weighted by molar-refractivity contribution is -0.906. The zero-order chi connectivity index (χ0) is 14.5. The average Bonchev–Trinajstić information content (AvgIpc) is 2.28. The maximum absolute atomic E-state index is 11.5. The van der Waals surface area contributed by atoms with Crippen LogP contribution in [0.25, 0.3) is 0 Å². The third kappa shape index (κ3) is 6.73. The fourth-order valence-corrected chi connectivity index (χ4v) is 2.16. The molecule has 1 unspecified atom stereocenters. The molecule has 0 bridgehead atoms. The van der Waals surface area contributed by atoms with Crippen molar-refractivity contribution in [1.29, 1.82) is 0 Å². The van der Waals surface area contributed by atoms with Crippen molar-refractivity contribution in [3.63, 3.8) is 0 Å². The number of ether oxygens (including phenoxy) is 1. The second kappa shape index (κ2) is 8.08. The molecule has 20 heavy (non-hydrogen) atoms. The van der Waals surface area contributed by atoms with E-state index in [0.717, 1.165) is 17.6 Å². The SMILES string of the molecule is C=C(C)C(=O)OC(C)C[N+](C)(C)Cc1ccccc1.[Cl-]. The summed E-state index contributed by atoms with van der Waals surface area (Å²) in [7, 11) is 4.27. The van der Waals surface area contributed by atoms with Gasteiger partial charge in [-0.05, 0) is 13.8 Å². The molecule has 0 heterocycles. The van der Waals surface area contributed by atoms with Gasteiger partial charge in [0.2, 0.25) is 0 Å². The molecule has 1 aromatic carbocycles. The average molecular weight is 298 g/mol. The molecule has 1 atom stereocenters. The van der Waals surface area contributed by atoms with Crippen LogP contribution >= 0.6 is 0 Å². The second-order valence-electron chi connectivity index (χ2n) is 5.76. The fraction of sp³-hybridized carbons (Fsp3) is 0.438. The summed E-state index contributed by atoms with van der Waals surface area (Å²) < 4.78 is 6.10. The van der Waals surface area contributed by atoms with Crippen LogP contribution in [0.4, 0.5) is 0 Å². The molecular weight excluding hydrogens is 274 g/mol. The first-order chi connectivity index (χ1) is 8.80. The molecule has 0 aliphatic carbocycles. The van der Waals surface area contributed by atoms with Crippen LogP contribution in [-0.2, 0) is 16.1 Å². The van der Waals surface area contributed by atoms with E-state index < -0.39 is 0 Å². The normalized spacial score (nSPS) is 12.2. The first kappa shape index (κ1) is 18.7. The van der Waals surface area contributed by atoms with Crippen LogP contribution in [0.3, 0.4) is 0 Å². The number of carbonyl (C=O) groups is 1. The minimum atomic E-state index is -0.313. The molecule has 1 rings (SSSR count). The number of benzene rings is 1. The van der Waals surface area contributed by atoms with Gasteiger partial charge in [0.1, 0.15) is 19.2 Å². The van der Waals surface area contributed by atoms with Gasteiger partial charge in [0.25, 0.3) is 0 Å². The van der Waals surface area contributed by atoms with E-state index in [1.807, 2.05) is 25.1 Å². The number of quaternary nitrogens is 1. The summed E-state index contributed by atoms with van der Waals surface area (Å²) in [6, 6.07) is 10.3. The van der Waals surface area contributed by atoms with E-state index in [9.17, 15) is 4.79 Å². The molecular formula is C16H24ClNO2. The Bertz CT molecular complexity index is 443. The lowest BCUT2D eigenvalue weighted by Crippen LogP contribution is -3.00. The molecule has 4 heteroatoms. The molecule has 0 radical (unpaired) electrons. The minimum Gasteiger partial charge on any atom is -1.00 e. The predicted molar refractivity (Wildman–Crippen MR) is 77.5 cm³/mol. The molecule has 0 spiro atoms. The Morgan fingerprint density at radius 1 is 1.30 bits per heavy atom. The van der Waals surface area contributed by atoms with Crippen molar-refractivity contribution < 1.29 is 26.4 Å². The Hall–Kier alpha value is -1.32. The summed E-state index contributed by atoms with van der Waals surface area (Å²) in [5, 5.41) is 0. The summed E-state index contributed by atoms with van der Waals surface area (Å²) in [6.07, 6.45) is -0.122. The first-order valence-electron chi connectivity index (χ1n) is 6.52. The zero-order valence-electron chi connectivity index (χ0n) is 12.7. The molecule has 0 aliphatic rings. The highest BCUT2D eigenvalue weighted by Crippen LogP contribution is 2.11. The van der Waals surface area contributed by atoms with Crippen molar-refractivity contribution in [2.24, 2.45) is 0 Å². The fourth-order valence-electron chi connectivity index (χ4n) is 2.16. The van der Waals surface area contributed by atoms with Crippen molar-refractivity contribution >= 4 is 5.97 Å². The van der Waals surface area contributed by atoms with E-state index in [2.05, 4.69) is 32.8 Å². The van der Waals surface area contributed by atoms with Crippen LogP contribution in [0.2, 0.25) is 0 Å². The Morgan fingerprint density at radius 3 is 2.35 bits per heavy atom. The van der Waals surface area contributed by atoms with Crippen LogP contribution < -0.4 is 12.4 Å². The molecule has 0 fully saturated rings. The Labute approximate surface area is 128 Å². The van der Waals surface area contributed by atoms with Crippen molar-refractivity contribution in [2.75, 3.05) is 20.6 Å². The number of hydrogen-bond acceptors (Lipinski definition) is 2. The van der Waals surface area contributed by atoms with E-state index in [1.165, 1.54) is 5.56 Å². The molecule has 0 aromatic heterocycles. The van der Waals surface area contributed by atoms with E-state index >= 15 is 0 Å². The Morgan fingerprint density at radius 2 is 1.85 bits per heavy atom. The molecule has 0 amide bonds. The predicted octanol–water partition coefficient (Wildman–Crippen LogP) is -0.225. The summed E-state index contributed by atoms with van der Waals surface area (Å²) in [4.78, 5) is 11.5. The van der Waals surface area contributed by atoms with E-state index in [1.54, 1.807) is 6.92 Å². The summed E-state index contributed by atoms with van der Waals surface area (Å²) >= 11 is 0. The van der Waals surface area contributed by atoms with Gasteiger partial charge in [0.15, 0.2) is 0 Å². The van der Waals surface area contributed by atoms with Crippen LogP contribution in [0.1, 0.15) is 19.4 Å². The smallest absolute Gasteiger partial charge is 0.333 e. The minimum absolute atomic E-state index is 0.